The SMILES string of the molecule is Cc1cccc(N2C(=NC(=O)c3ccccc3)S[C@H]3CS(=O)(=O)C[C@H]32)c1. The molecule has 134 valence electrons. The van der Waals surface area contributed by atoms with Crippen molar-refractivity contribution in [3.8, 4) is 0 Å². The monoisotopic (exact) mass is 386 g/mol. The number of rotatable bonds is 2. The van der Waals surface area contributed by atoms with E-state index < -0.39 is 9.84 Å². The largest absolute Gasteiger partial charge is 0.316 e. The van der Waals surface area contributed by atoms with Crippen molar-refractivity contribution < 1.29 is 13.2 Å². The van der Waals surface area contributed by atoms with Gasteiger partial charge in [-0.3, -0.25) is 4.79 Å². The summed E-state index contributed by atoms with van der Waals surface area (Å²) < 4.78 is 24.2. The molecule has 0 aliphatic carbocycles. The summed E-state index contributed by atoms with van der Waals surface area (Å²) in [5.41, 5.74) is 2.47. The van der Waals surface area contributed by atoms with Crippen LogP contribution in [0, 0.1) is 6.92 Å². The summed E-state index contributed by atoms with van der Waals surface area (Å²) in [5.74, 6) is -0.0889. The third-order valence-corrected chi connectivity index (χ3v) is 7.77. The number of fused-ring (bicyclic) bond motifs is 1. The van der Waals surface area contributed by atoms with Gasteiger partial charge in [0.15, 0.2) is 15.0 Å². The number of carbonyl (C=O) groups excluding carboxylic acids is 1. The third kappa shape index (κ3) is 3.29. The Morgan fingerprint density at radius 1 is 1.12 bits per heavy atom. The fraction of sp³-hybridized carbons (Fsp3) is 0.263. The predicted molar refractivity (Wildman–Crippen MR) is 106 cm³/mol. The van der Waals surface area contributed by atoms with E-state index in [0.29, 0.717) is 10.7 Å². The smallest absolute Gasteiger partial charge is 0.279 e. The lowest BCUT2D eigenvalue weighted by Gasteiger charge is -2.24. The molecule has 2 heterocycles. The molecule has 26 heavy (non-hydrogen) atoms. The molecule has 2 aliphatic rings. The molecule has 2 aromatic rings. The Kier molecular flexibility index (Phi) is 4.36. The van der Waals surface area contributed by atoms with E-state index in [1.807, 2.05) is 42.2 Å². The molecule has 2 aliphatic heterocycles. The van der Waals surface area contributed by atoms with Crippen molar-refractivity contribution in [3.63, 3.8) is 0 Å². The highest BCUT2D eigenvalue weighted by molar-refractivity contribution is 8.16. The van der Waals surface area contributed by atoms with Crippen molar-refractivity contribution in [2.75, 3.05) is 16.4 Å². The average molecular weight is 386 g/mol. The minimum atomic E-state index is -3.06. The first-order valence-electron chi connectivity index (χ1n) is 8.34. The lowest BCUT2D eigenvalue weighted by Crippen LogP contribution is -2.37. The van der Waals surface area contributed by atoms with Crippen LogP contribution in [0.4, 0.5) is 5.69 Å². The van der Waals surface area contributed by atoms with Crippen LogP contribution in [-0.4, -0.2) is 42.3 Å². The summed E-state index contributed by atoms with van der Waals surface area (Å²) >= 11 is 1.39. The summed E-state index contributed by atoms with van der Waals surface area (Å²) in [4.78, 5) is 18.8. The predicted octanol–water partition coefficient (Wildman–Crippen LogP) is 2.91. The van der Waals surface area contributed by atoms with E-state index in [9.17, 15) is 13.2 Å². The highest BCUT2D eigenvalue weighted by atomic mass is 32.2. The molecule has 0 radical (unpaired) electrons. The molecule has 0 bridgehead atoms. The van der Waals surface area contributed by atoms with E-state index in [2.05, 4.69) is 4.99 Å². The zero-order valence-corrected chi connectivity index (χ0v) is 15.8. The van der Waals surface area contributed by atoms with E-state index in [-0.39, 0.29) is 28.7 Å². The van der Waals surface area contributed by atoms with Gasteiger partial charge in [-0.05, 0) is 36.8 Å². The fourth-order valence-corrected chi connectivity index (χ4v) is 7.29. The number of hydrogen-bond donors (Lipinski definition) is 0. The number of nitrogens with zero attached hydrogens (tertiary/aromatic N) is 2. The summed E-state index contributed by atoms with van der Waals surface area (Å²) in [6.45, 7) is 1.99. The van der Waals surface area contributed by atoms with Crippen molar-refractivity contribution in [1.82, 2.24) is 0 Å². The highest BCUT2D eigenvalue weighted by Gasteiger charge is 2.49. The van der Waals surface area contributed by atoms with Crippen molar-refractivity contribution in [2.24, 2.45) is 4.99 Å². The summed E-state index contributed by atoms with van der Waals surface area (Å²) in [6.07, 6.45) is 0. The summed E-state index contributed by atoms with van der Waals surface area (Å²) in [6, 6.07) is 16.6. The third-order valence-electron chi connectivity index (χ3n) is 4.56. The van der Waals surface area contributed by atoms with Gasteiger partial charge < -0.3 is 4.90 Å². The lowest BCUT2D eigenvalue weighted by atomic mass is 10.1. The number of aliphatic imine (C=N–C) groups is 1. The van der Waals surface area contributed by atoms with E-state index in [1.54, 1.807) is 24.3 Å². The fourth-order valence-electron chi connectivity index (χ4n) is 3.38. The molecule has 0 spiro atoms. The molecule has 2 aromatic carbocycles. The Morgan fingerprint density at radius 3 is 2.62 bits per heavy atom. The highest BCUT2D eigenvalue weighted by Crippen LogP contribution is 2.41. The number of aryl methyl sites for hydroxylation is 1. The lowest BCUT2D eigenvalue weighted by molar-refractivity contribution is 0.100. The maximum atomic E-state index is 12.5. The number of amides is 1. The van der Waals surface area contributed by atoms with E-state index in [0.717, 1.165) is 11.3 Å². The van der Waals surface area contributed by atoms with E-state index in [1.165, 1.54) is 11.8 Å². The van der Waals surface area contributed by atoms with Crippen LogP contribution in [0.5, 0.6) is 0 Å². The number of amidine groups is 1. The molecule has 7 heteroatoms. The summed E-state index contributed by atoms with van der Waals surface area (Å²) in [7, 11) is -3.06. The quantitative estimate of drug-likeness (QED) is 0.794. The van der Waals surface area contributed by atoms with Crippen LogP contribution in [0.2, 0.25) is 0 Å². The zero-order valence-electron chi connectivity index (χ0n) is 14.2. The second kappa shape index (κ2) is 6.55. The molecule has 2 fully saturated rings. The molecule has 0 unspecified atom stereocenters. The van der Waals surface area contributed by atoms with Gasteiger partial charge in [0, 0.05) is 16.5 Å². The molecule has 1 amide bonds. The van der Waals surface area contributed by atoms with Crippen molar-refractivity contribution in [1.29, 1.82) is 0 Å². The number of anilines is 1. The Bertz CT molecular complexity index is 987. The van der Waals surface area contributed by atoms with E-state index >= 15 is 0 Å². The van der Waals surface area contributed by atoms with E-state index in [4.69, 9.17) is 0 Å². The number of hydrogen-bond acceptors (Lipinski definition) is 4. The first-order valence-corrected chi connectivity index (χ1v) is 11.0. The molecular formula is C19H18N2O3S2. The van der Waals surface area contributed by atoms with Crippen LogP contribution in [-0.2, 0) is 9.84 Å². The molecule has 2 saturated heterocycles. The normalized spacial score (nSPS) is 25.4. The minimum Gasteiger partial charge on any atom is -0.316 e. The summed E-state index contributed by atoms with van der Waals surface area (Å²) in [5, 5.41) is 0.484. The topological polar surface area (TPSA) is 66.8 Å². The van der Waals surface area contributed by atoms with Gasteiger partial charge in [0.05, 0.1) is 17.5 Å². The Labute approximate surface area is 157 Å². The molecule has 0 saturated carbocycles. The number of sulfone groups is 1. The van der Waals surface area contributed by atoms with Crippen LogP contribution in [0.1, 0.15) is 15.9 Å². The van der Waals surface area contributed by atoms with Gasteiger partial charge >= 0.3 is 0 Å². The number of benzene rings is 2. The Morgan fingerprint density at radius 2 is 1.88 bits per heavy atom. The molecule has 0 aromatic heterocycles. The second-order valence-electron chi connectivity index (χ2n) is 6.58. The van der Waals surface area contributed by atoms with Gasteiger partial charge in [0.1, 0.15) is 0 Å². The average Bonchev–Trinajstić information content (AvgIpc) is 3.06. The van der Waals surface area contributed by atoms with Crippen LogP contribution in [0.25, 0.3) is 0 Å². The second-order valence-corrected chi connectivity index (χ2v) is 9.94. The first kappa shape index (κ1) is 17.3. The van der Waals surface area contributed by atoms with Gasteiger partial charge in [0.2, 0.25) is 0 Å². The van der Waals surface area contributed by atoms with Crippen molar-refractivity contribution in [3.05, 3.63) is 65.7 Å². The van der Waals surface area contributed by atoms with Crippen molar-refractivity contribution >= 4 is 38.4 Å². The number of carbonyl (C=O) groups is 1. The minimum absolute atomic E-state index is 0.0944. The van der Waals surface area contributed by atoms with Crippen LogP contribution >= 0.6 is 11.8 Å². The molecule has 2 atom stereocenters. The zero-order chi connectivity index (χ0) is 18.3. The standard InChI is InChI=1S/C19H18N2O3S2/c1-13-6-5-9-15(10-13)21-16-11-26(23,24)12-17(16)25-19(21)20-18(22)14-7-3-2-4-8-14/h2-10,16-17H,11-12H2,1H3/t16-,17+/m1/s1. The maximum Gasteiger partial charge on any atom is 0.279 e. The van der Waals surface area contributed by atoms with Gasteiger partial charge in [0.25, 0.3) is 5.91 Å². The van der Waals surface area contributed by atoms with Gasteiger partial charge in [-0.25, -0.2) is 8.42 Å². The first-order chi connectivity index (χ1) is 12.4. The van der Waals surface area contributed by atoms with Crippen LogP contribution in [0.15, 0.2) is 59.6 Å². The maximum absolute atomic E-state index is 12.5. The van der Waals surface area contributed by atoms with Gasteiger partial charge in [-0.2, -0.15) is 4.99 Å². The molecule has 4 rings (SSSR count). The van der Waals surface area contributed by atoms with Crippen LogP contribution < -0.4 is 4.90 Å². The van der Waals surface area contributed by atoms with Gasteiger partial charge in [-0.15, -0.1) is 0 Å². The van der Waals surface area contributed by atoms with Gasteiger partial charge in [-0.1, -0.05) is 42.1 Å². The van der Waals surface area contributed by atoms with Crippen LogP contribution in [0.3, 0.4) is 0 Å². The molecule has 5 nitrogen and oxygen atoms in total. The Balaban J connectivity index is 1.74. The number of thioether (sulfide) groups is 1. The Hall–Kier alpha value is -2.12. The molecular weight excluding hydrogens is 368 g/mol. The van der Waals surface area contributed by atoms with Crippen molar-refractivity contribution in [2.45, 2.75) is 18.2 Å². The molecule has 0 N–H and O–H groups in total.